The monoisotopic (exact) mass is 442 g/mol. The van der Waals surface area contributed by atoms with Crippen molar-refractivity contribution in [2.45, 2.75) is 6.42 Å². The first-order valence-electron chi connectivity index (χ1n) is 8.87. The second kappa shape index (κ2) is 8.82. The van der Waals surface area contributed by atoms with Crippen LogP contribution in [-0.4, -0.2) is 17.5 Å². The number of benzene rings is 3. The van der Waals surface area contributed by atoms with Crippen molar-refractivity contribution in [3.8, 4) is 5.75 Å². The number of hydrogen-bond donors (Lipinski definition) is 1. The Bertz CT molecular complexity index is 1170. The van der Waals surface area contributed by atoms with Gasteiger partial charge in [-0.2, -0.15) is 0 Å². The van der Waals surface area contributed by atoms with Gasteiger partial charge in [0, 0.05) is 32.9 Å². The predicted molar refractivity (Wildman–Crippen MR) is 119 cm³/mol. The molecule has 0 aliphatic heterocycles. The highest BCUT2D eigenvalue weighted by atomic mass is 35.5. The van der Waals surface area contributed by atoms with E-state index in [4.69, 9.17) is 27.9 Å². The van der Waals surface area contributed by atoms with Gasteiger partial charge in [0.1, 0.15) is 5.75 Å². The maximum Gasteiger partial charge on any atom is 0.264 e. The molecule has 1 aromatic heterocycles. The normalized spacial score (nSPS) is 10.8. The van der Waals surface area contributed by atoms with Crippen molar-refractivity contribution < 1.29 is 9.53 Å². The lowest BCUT2D eigenvalue weighted by Gasteiger charge is -2.08. The highest BCUT2D eigenvalue weighted by Gasteiger charge is 2.10. The van der Waals surface area contributed by atoms with Crippen molar-refractivity contribution >= 4 is 56.3 Å². The number of carbonyl (C=O) groups is 1. The summed E-state index contributed by atoms with van der Waals surface area (Å²) in [6.45, 7) is -0.0913. The second-order valence-corrected chi connectivity index (χ2v) is 8.32. The van der Waals surface area contributed by atoms with Crippen LogP contribution in [0.25, 0.3) is 10.8 Å². The molecule has 7 heteroatoms. The van der Waals surface area contributed by atoms with E-state index in [-0.39, 0.29) is 12.5 Å². The van der Waals surface area contributed by atoms with Gasteiger partial charge < -0.3 is 4.74 Å². The van der Waals surface area contributed by atoms with Crippen molar-refractivity contribution in [1.29, 1.82) is 0 Å². The minimum atomic E-state index is -0.261. The fourth-order valence-corrected chi connectivity index (χ4v) is 4.25. The molecule has 0 aliphatic rings. The van der Waals surface area contributed by atoms with Crippen LogP contribution < -0.4 is 10.1 Å². The number of nitrogens with zero attached hydrogens (tertiary/aromatic N) is 1. The molecule has 0 spiro atoms. The highest BCUT2D eigenvalue weighted by Crippen LogP contribution is 2.27. The van der Waals surface area contributed by atoms with Crippen LogP contribution in [-0.2, 0) is 11.2 Å². The molecule has 0 radical (unpaired) electrons. The second-order valence-electron chi connectivity index (χ2n) is 6.36. The number of carbonyl (C=O) groups excluding carboxylic acids is 1. The molecule has 0 bridgehead atoms. The van der Waals surface area contributed by atoms with E-state index in [1.54, 1.807) is 18.3 Å². The topological polar surface area (TPSA) is 51.2 Å². The molecule has 0 saturated heterocycles. The fourth-order valence-electron chi connectivity index (χ4n) is 2.92. The van der Waals surface area contributed by atoms with Crippen LogP contribution in [0.2, 0.25) is 10.0 Å². The van der Waals surface area contributed by atoms with Gasteiger partial charge in [-0.25, -0.2) is 4.98 Å². The van der Waals surface area contributed by atoms with Gasteiger partial charge in [-0.3, -0.25) is 10.1 Å². The lowest BCUT2D eigenvalue weighted by molar-refractivity contribution is -0.118. The summed E-state index contributed by atoms with van der Waals surface area (Å²) in [5.41, 5.74) is 0.955. The summed E-state index contributed by atoms with van der Waals surface area (Å²) in [5, 5.41) is 6.55. The first-order chi connectivity index (χ1) is 14.1. The van der Waals surface area contributed by atoms with Gasteiger partial charge in [0.2, 0.25) is 0 Å². The van der Waals surface area contributed by atoms with Crippen LogP contribution in [0.1, 0.15) is 10.4 Å². The largest absolute Gasteiger partial charge is 0.483 e. The molecule has 29 heavy (non-hydrogen) atoms. The van der Waals surface area contributed by atoms with Crippen molar-refractivity contribution in [2.24, 2.45) is 0 Å². The van der Waals surface area contributed by atoms with Gasteiger partial charge in [0.15, 0.2) is 11.7 Å². The molecule has 0 saturated carbocycles. The minimum absolute atomic E-state index is 0.0913. The molecule has 4 nitrogen and oxygen atoms in total. The van der Waals surface area contributed by atoms with Crippen molar-refractivity contribution in [3.63, 3.8) is 0 Å². The Morgan fingerprint density at radius 1 is 1.07 bits per heavy atom. The molecule has 4 rings (SSSR count). The van der Waals surface area contributed by atoms with Crippen LogP contribution in [0.5, 0.6) is 5.75 Å². The van der Waals surface area contributed by atoms with E-state index in [9.17, 15) is 4.79 Å². The zero-order valence-electron chi connectivity index (χ0n) is 15.2. The van der Waals surface area contributed by atoms with Gasteiger partial charge in [-0.1, -0.05) is 65.7 Å². The third-order valence-electron chi connectivity index (χ3n) is 4.29. The zero-order chi connectivity index (χ0) is 20.2. The fraction of sp³-hybridized carbons (Fsp3) is 0.0909. The van der Waals surface area contributed by atoms with E-state index >= 15 is 0 Å². The third kappa shape index (κ3) is 4.88. The lowest BCUT2D eigenvalue weighted by atomic mass is 10.1. The number of ether oxygens (including phenoxy) is 1. The number of halogens is 2. The van der Waals surface area contributed by atoms with Crippen LogP contribution >= 0.6 is 34.5 Å². The van der Waals surface area contributed by atoms with Gasteiger partial charge in [-0.05, 0) is 29.1 Å². The number of rotatable bonds is 6. The number of nitrogens with one attached hydrogen (secondary N) is 1. The number of aromatic nitrogens is 1. The number of anilines is 1. The van der Waals surface area contributed by atoms with E-state index < -0.39 is 0 Å². The number of hydrogen-bond acceptors (Lipinski definition) is 4. The van der Waals surface area contributed by atoms with E-state index in [1.807, 2.05) is 48.5 Å². The summed E-state index contributed by atoms with van der Waals surface area (Å²) >= 11 is 13.6. The van der Waals surface area contributed by atoms with E-state index in [1.165, 1.54) is 11.3 Å². The summed E-state index contributed by atoms with van der Waals surface area (Å²) in [4.78, 5) is 17.5. The molecule has 0 atom stereocenters. The summed E-state index contributed by atoms with van der Waals surface area (Å²) in [5.74, 6) is 0.416. The van der Waals surface area contributed by atoms with Gasteiger partial charge >= 0.3 is 0 Å². The van der Waals surface area contributed by atoms with E-state index in [0.717, 1.165) is 21.2 Å². The Hall–Kier alpha value is -2.60. The summed E-state index contributed by atoms with van der Waals surface area (Å²) in [7, 11) is 0. The summed E-state index contributed by atoms with van der Waals surface area (Å²) < 4.78 is 5.72. The molecule has 0 aliphatic carbocycles. The Morgan fingerprint density at radius 2 is 1.90 bits per heavy atom. The van der Waals surface area contributed by atoms with Crippen molar-refractivity contribution in [2.75, 3.05) is 11.9 Å². The molecule has 1 heterocycles. The Labute approximate surface area is 182 Å². The summed E-state index contributed by atoms with van der Waals surface area (Å²) in [6.07, 6.45) is 2.35. The summed E-state index contributed by atoms with van der Waals surface area (Å²) in [6, 6.07) is 19.1. The quantitative estimate of drug-likeness (QED) is 0.385. The number of amides is 1. The molecular weight excluding hydrogens is 427 g/mol. The maximum absolute atomic E-state index is 12.3. The molecule has 0 unspecified atom stereocenters. The molecule has 146 valence electrons. The van der Waals surface area contributed by atoms with Crippen LogP contribution in [0.3, 0.4) is 0 Å². The minimum Gasteiger partial charge on any atom is -0.483 e. The first-order valence-corrected chi connectivity index (χ1v) is 10.4. The highest BCUT2D eigenvalue weighted by molar-refractivity contribution is 7.15. The van der Waals surface area contributed by atoms with E-state index in [2.05, 4.69) is 10.3 Å². The van der Waals surface area contributed by atoms with Crippen molar-refractivity contribution in [3.05, 3.63) is 87.3 Å². The van der Waals surface area contributed by atoms with E-state index in [0.29, 0.717) is 27.3 Å². The molecule has 3 aromatic carbocycles. The van der Waals surface area contributed by atoms with Crippen molar-refractivity contribution in [1.82, 2.24) is 4.98 Å². The SMILES string of the molecule is O=C(COc1cccc2ccccc12)Nc1ncc(Cc2ccc(Cl)cc2Cl)s1. The molecule has 0 fully saturated rings. The van der Waals surface area contributed by atoms with Gasteiger partial charge in [0.25, 0.3) is 5.91 Å². The smallest absolute Gasteiger partial charge is 0.264 e. The predicted octanol–water partition coefficient (Wildman–Crippen LogP) is 6.21. The maximum atomic E-state index is 12.3. The first kappa shape index (κ1) is 19.7. The van der Waals surface area contributed by atoms with Crippen LogP contribution in [0.4, 0.5) is 5.13 Å². The molecule has 1 amide bonds. The standard InChI is InChI=1S/C22H16Cl2N2O2S/c23-16-9-8-15(19(24)11-16)10-17-12-25-22(29-17)26-21(27)13-28-20-7-3-5-14-4-1-2-6-18(14)20/h1-9,11-12H,10,13H2,(H,25,26,27). The number of thiazole rings is 1. The number of fused-ring (bicyclic) bond motifs is 1. The average molecular weight is 443 g/mol. The third-order valence-corrected chi connectivity index (χ3v) is 5.79. The van der Waals surface area contributed by atoms with Gasteiger partial charge in [0.05, 0.1) is 0 Å². The average Bonchev–Trinajstić information content (AvgIpc) is 3.15. The Morgan fingerprint density at radius 3 is 2.76 bits per heavy atom. The Balaban J connectivity index is 1.36. The Kier molecular flexibility index (Phi) is 6.00. The molecule has 4 aromatic rings. The van der Waals surface area contributed by atoms with Crippen LogP contribution in [0, 0.1) is 0 Å². The lowest BCUT2D eigenvalue weighted by Crippen LogP contribution is -2.20. The van der Waals surface area contributed by atoms with Crippen LogP contribution in [0.15, 0.2) is 66.9 Å². The van der Waals surface area contributed by atoms with Gasteiger partial charge in [-0.15, -0.1) is 11.3 Å². The molecule has 1 N–H and O–H groups in total. The molecular formula is C22H16Cl2N2O2S. The zero-order valence-corrected chi connectivity index (χ0v) is 17.5.